The molecule has 3 aromatic rings. The van der Waals surface area contributed by atoms with Crippen molar-refractivity contribution >= 4 is 33.0 Å². The Hall–Kier alpha value is -2.76. The van der Waals surface area contributed by atoms with Crippen LogP contribution < -0.4 is 10.2 Å². The summed E-state index contributed by atoms with van der Waals surface area (Å²) in [5, 5.41) is 3.44. The number of benzene rings is 1. The van der Waals surface area contributed by atoms with Crippen molar-refractivity contribution < 1.29 is 13.2 Å². The Kier molecular flexibility index (Phi) is 6.41. The van der Waals surface area contributed by atoms with Crippen molar-refractivity contribution in [3.63, 3.8) is 0 Å². The minimum atomic E-state index is -3.20. The first-order valence-electron chi connectivity index (χ1n) is 11.7. The summed E-state index contributed by atoms with van der Waals surface area (Å²) in [5.74, 6) is 1.27. The van der Waals surface area contributed by atoms with Gasteiger partial charge in [-0.15, -0.1) is 0 Å². The highest BCUT2D eigenvalue weighted by molar-refractivity contribution is 7.88. The fraction of sp³-hybridized carbons (Fsp3) is 0.522. The van der Waals surface area contributed by atoms with Gasteiger partial charge < -0.3 is 19.5 Å². The summed E-state index contributed by atoms with van der Waals surface area (Å²) >= 11 is 0. The summed E-state index contributed by atoms with van der Waals surface area (Å²) in [6.07, 6.45) is 5.34. The number of nitrogens with zero attached hydrogens (tertiary/aromatic N) is 6. The highest BCUT2D eigenvalue weighted by atomic mass is 32.2. The summed E-state index contributed by atoms with van der Waals surface area (Å²) in [6.45, 7) is 6.11. The first kappa shape index (κ1) is 23.0. The summed E-state index contributed by atoms with van der Waals surface area (Å²) in [5.41, 5.74) is 3.87. The van der Waals surface area contributed by atoms with E-state index in [1.807, 2.05) is 15.8 Å². The molecule has 1 unspecified atom stereocenters. The van der Waals surface area contributed by atoms with Gasteiger partial charge >= 0.3 is 0 Å². The van der Waals surface area contributed by atoms with Crippen LogP contribution in [-0.4, -0.2) is 83.9 Å². The fourth-order valence-corrected chi connectivity index (χ4v) is 5.38. The molecule has 34 heavy (non-hydrogen) atoms. The Morgan fingerprint density at radius 2 is 2.00 bits per heavy atom. The van der Waals surface area contributed by atoms with Crippen LogP contribution in [0.3, 0.4) is 0 Å². The van der Waals surface area contributed by atoms with E-state index in [0.29, 0.717) is 51.0 Å². The van der Waals surface area contributed by atoms with E-state index in [1.165, 1.54) is 21.7 Å². The first-order chi connectivity index (χ1) is 16.4. The van der Waals surface area contributed by atoms with Crippen LogP contribution in [0, 0.1) is 6.92 Å². The monoisotopic (exact) mass is 485 g/mol. The number of imidazole rings is 1. The second-order valence-corrected chi connectivity index (χ2v) is 11.1. The highest BCUT2D eigenvalue weighted by Gasteiger charge is 2.26. The van der Waals surface area contributed by atoms with Crippen molar-refractivity contribution in [3.8, 4) is 0 Å². The number of ether oxygens (including phenoxy) is 1. The normalized spacial score (nSPS) is 19.7. The molecule has 0 saturated carbocycles. The highest BCUT2D eigenvalue weighted by Crippen LogP contribution is 2.25. The maximum absolute atomic E-state index is 11.9. The predicted octanol–water partition coefficient (Wildman–Crippen LogP) is 1.86. The van der Waals surface area contributed by atoms with Crippen LogP contribution in [0.5, 0.6) is 0 Å². The largest absolute Gasteiger partial charge is 0.376 e. The van der Waals surface area contributed by atoms with E-state index in [2.05, 4.69) is 41.5 Å². The fourth-order valence-electron chi connectivity index (χ4n) is 4.56. The van der Waals surface area contributed by atoms with E-state index in [0.717, 1.165) is 30.6 Å². The number of hydrogen-bond acceptors (Lipinski definition) is 8. The van der Waals surface area contributed by atoms with Crippen LogP contribution in [0.25, 0.3) is 11.2 Å². The van der Waals surface area contributed by atoms with Gasteiger partial charge in [0.25, 0.3) is 0 Å². The third-order valence-electron chi connectivity index (χ3n) is 6.40. The second-order valence-electron chi connectivity index (χ2n) is 9.07. The molecule has 1 N–H and O–H groups in total. The lowest BCUT2D eigenvalue weighted by atomic mass is 10.1. The maximum atomic E-state index is 11.9. The van der Waals surface area contributed by atoms with Gasteiger partial charge in [-0.2, -0.15) is 14.3 Å². The van der Waals surface area contributed by atoms with Gasteiger partial charge in [-0.3, -0.25) is 0 Å². The number of fused-ring (bicyclic) bond motifs is 1. The molecule has 182 valence electrons. The molecule has 11 heteroatoms. The zero-order valence-electron chi connectivity index (χ0n) is 19.6. The molecule has 1 atom stereocenters. The molecule has 2 aliphatic rings. The van der Waals surface area contributed by atoms with E-state index in [1.54, 1.807) is 0 Å². The minimum absolute atomic E-state index is 0.168. The number of sulfonamides is 1. The van der Waals surface area contributed by atoms with Crippen LogP contribution >= 0.6 is 0 Å². The average Bonchev–Trinajstić information content (AvgIpc) is 3.47. The molecule has 2 fully saturated rings. The third kappa shape index (κ3) is 5.01. The standard InChI is InChI=1S/C23H31N7O3S/c1-17-5-3-6-18(13-17)15-29-16-25-20-21(24-14-19-7-4-12-33-19)26-23(27-22(20)29)28-8-10-30(11-9-28)34(2,31)32/h3,5-6,13,16,19H,4,7-12,14-15H2,1-2H3,(H,24,26,27). The summed E-state index contributed by atoms with van der Waals surface area (Å²) < 4.78 is 33.1. The smallest absolute Gasteiger partial charge is 0.229 e. The van der Waals surface area contributed by atoms with Crippen molar-refractivity contribution in [3.05, 3.63) is 41.7 Å². The molecule has 0 aliphatic carbocycles. The van der Waals surface area contributed by atoms with Gasteiger partial charge in [0.15, 0.2) is 17.0 Å². The maximum Gasteiger partial charge on any atom is 0.229 e. The van der Waals surface area contributed by atoms with Crippen molar-refractivity contribution in [2.24, 2.45) is 0 Å². The number of aryl methyl sites for hydroxylation is 1. The summed E-state index contributed by atoms with van der Waals surface area (Å²) in [4.78, 5) is 16.4. The van der Waals surface area contributed by atoms with Gasteiger partial charge in [0, 0.05) is 39.3 Å². The lowest BCUT2D eigenvalue weighted by molar-refractivity contribution is 0.120. The molecular formula is C23H31N7O3S. The van der Waals surface area contributed by atoms with Crippen molar-refractivity contribution in [2.45, 2.75) is 32.4 Å². The van der Waals surface area contributed by atoms with E-state index in [9.17, 15) is 8.42 Å². The lowest BCUT2D eigenvalue weighted by Gasteiger charge is -2.33. The Labute approximate surface area is 200 Å². The van der Waals surface area contributed by atoms with E-state index >= 15 is 0 Å². The number of piperazine rings is 1. The van der Waals surface area contributed by atoms with Crippen LogP contribution in [0.4, 0.5) is 11.8 Å². The first-order valence-corrected chi connectivity index (χ1v) is 13.6. The molecule has 5 rings (SSSR count). The molecule has 4 heterocycles. The molecular weight excluding hydrogens is 454 g/mol. The van der Waals surface area contributed by atoms with Gasteiger partial charge in [-0.1, -0.05) is 29.8 Å². The van der Waals surface area contributed by atoms with Crippen molar-refractivity contribution in [1.29, 1.82) is 0 Å². The van der Waals surface area contributed by atoms with E-state index < -0.39 is 10.0 Å². The molecule has 1 aromatic carbocycles. The topological polar surface area (TPSA) is 105 Å². The van der Waals surface area contributed by atoms with Crippen molar-refractivity contribution in [1.82, 2.24) is 23.8 Å². The molecule has 2 aliphatic heterocycles. The van der Waals surface area contributed by atoms with Gasteiger partial charge in [0.1, 0.15) is 0 Å². The molecule has 0 bridgehead atoms. The van der Waals surface area contributed by atoms with Gasteiger partial charge in [0.2, 0.25) is 16.0 Å². The van der Waals surface area contributed by atoms with Crippen LogP contribution in [0.1, 0.15) is 24.0 Å². The number of nitrogens with one attached hydrogen (secondary N) is 1. The van der Waals surface area contributed by atoms with Crippen molar-refractivity contribution in [2.75, 3.05) is 55.8 Å². The molecule has 2 aromatic heterocycles. The predicted molar refractivity (Wildman–Crippen MR) is 132 cm³/mol. The Morgan fingerprint density at radius 3 is 2.71 bits per heavy atom. The van der Waals surface area contributed by atoms with Crippen LogP contribution in [-0.2, 0) is 21.3 Å². The SMILES string of the molecule is Cc1cccc(Cn2cnc3c(NCC4CCCO4)nc(N4CCN(S(C)(=O)=O)CC4)nc32)c1. The quantitative estimate of drug-likeness (QED) is 0.541. The number of anilines is 2. The summed E-state index contributed by atoms with van der Waals surface area (Å²) in [6, 6.07) is 8.40. The van der Waals surface area contributed by atoms with Gasteiger partial charge in [-0.05, 0) is 25.3 Å². The Balaban J connectivity index is 1.46. The zero-order valence-corrected chi connectivity index (χ0v) is 20.5. The van der Waals surface area contributed by atoms with Crippen LogP contribution in [0.2, 0.25) is 0 Å². The van der Waals surface area contributed by atoms with E-state index in [4.69, 9.17) is 14.7 Å². The Morgan fingerprint density at radius 1 is 1.18 bits per heavy atom. The zero-order chi connectivity index (χ0) is 23.7. The van der Waals surface area contributed by atoms with Crippen LogP contribution in [0.15, 0.2) is 30.6 Å². The number of hydrogen-bond donors (Lipinski definition) is 1. The van der Waals surface area contributed by atoms with E-state index in [-0.39, 0.29) is 6.10 Å². The third-order valence-corrected chi connectivity index (χ3v) is 7.70. The lowest BCUT2D eigenvalue weighted by Crippen LogP contribution is -2.48. The molecule has 2 saturated heterocycles. The molecule has 0 spiro atoms. The average molecular weight is 486 g/mol. The minimum Gasteiger partial charge on any atom is -0.376 e. The van der Waals surface area contributed by atoms with Gasteiger partial charge in [0.05, 0.1) is 25.2 Å². The number of rotatable bonds is 7. The molecule has 0 radical (unpaired) electrons. The second kappa shape index (κ2) is 9.47. The molecule has 10 nitrogen and oxygen atoms in total. The number of aromatic nitrogens is 4. The molecule has 0 amide bonds. The van der Waals surface area contributed by atoms with Gasteiger partial charge in [-0.25, -0.2) is 13.4 Å². The Bertz CT molecular complexity index is 1260. The summed E-state index contributed by atoms with van der Waals surface area (Å²) in [7, 11) is -3.20.